The highest BCUT2D eigenvalue weighted by Crippen LogP contribution is 2.27. The Labute approximate surface area is 90.9 Å². The van der Waals surface area contributed by atoms with Gasteiger partial charge in [0.2, 0.25) is 5.12 Å². The summed E-state index contributed by atoms with van der Waals surface area (Å²) in [5, 5.41) is 9.37. The maximum absolute atomic E-state index is 10.7. The van der Waals surface area contributed by atoms with Crippen molar-refractivity contribution in [1.29, 1.82) is 0 Å². The molecule has 70 valence electrons. The number of hydrogen-bond acceptors (Lipinski definition) is 2. The number of aliphatic hydroxyl groups is 1. The van der Waals surface area contributed by atoms with Crippen LogP contribution in [0.4, 0.5) is 0 Å². The molecule has 0 bridgehead atoms. The Balaban J connectivity index is 3.08. The smallest absolute Gasteiger partial charge is 0.219 e. The van der Waals surface area contributed by atoms with Gasteiger partial charge in [-0.05, 0) is 12.1 Å². The molecule has 0 aliphatic carbocycles. The van der Waals surface area contributed by atoms with Crippen LogP contribution in [0.15, 0.2) is 18.2 Å². The van der Waals surface area contributed by atoms with Crippen LogP contribution in [0.2, 0.25) is 10.0 Å². The van der Waals surface area contributed by atoms with Gasteiger partial charge in [-0.25, -0.2) is 0 Å². The Morgan fingerprint density at radius 1 is 1.46 bits per heavy atom. The third-order valence-electron chi connectivity index (χ3n) is 1.49. The summed E-state index contributed by atoms with van der Waals surface area (Å²) >= 11 is 14.9. The molecular formula is C8H6Cl2O2S. The van der Waals surface area contributed by atoms with Gasteiger partial charge in [-0.1, -0.05) is 29.3 Å². The molecule has 0 aliphatic rings. The van der Waals surface area contributed by atoms with Crippen molar-refractivity contribution in [2.75, 3.05) is 0 Å². The van der Waals surface area contributed by atoms with Gasteiger partial charge in [-0.2, -0.15) is 0 Å². The van der Waals surface area contributed by atoms with E-state index in [4.69, 9.17) is 23.2 Å². The van der Waals surface area contributed by atoms with Crippen LogP contribution in [0.25, 0.3) is 0 Å². The zero-order chi connectivity index (χ0) is 10.0. The maximum Gasteiger partial charge on any atom is 0.219 e. The lowest BCUT2D eigenvalue weighted by Gasteiger charge is -2.08. The predicted molar refractivity (Wildman–Crippen MR) is 55.4 cm³/mol. The topological polar surface area (TPSA) is 37.3 Å². The van der Waals surface area contributed by atoms with Gasteiger partial charge < -0.3 is 5.11 Å². The summed E-state index contributed by atoms with van der Waals surface area (Å²) in [6.45, 7) is 0. The van der Waals surface area contributed by atoms with Gasteiger partial charge in [0.1, 0.15) is 6.10 Å². The third kappa shape index (κ3) is 2.61. The number of carbonyl (C=O) groups excluding carboxylic acids is 1. The van der Waals surface area contributed by atoms with Crippen molar-refractivity contribution < 1.29 is 9.90 Å². The van der Waals surface area contributed by atoms with E-state index in [2.05, 4.69) is 12.6 Å². The molecule has 1 atom stereocenters. The quantitative estimate of drug-likeness (QED) is 0.775. The number of benzene rings is 1. The zero-order valence-electron chi connectivity index (χ0n) is 6.37. The van der Waals surface area contributed by atoms with Crippen LogP contribution in [0.1, 0.15) is 11.7 Å². The van der Waals surface area contributed by atoms with Crippen LogP contribution in [0.5, 0.6) is 0 Å². The van der Waals surface area contributed by atoms with Crippen LogP contribution in [-0.4, -0.2) is 10.2 Å². The van der Waals surface area contributed by atoms with Gasteiger partial charge in [0.25, 0.3) is 0 Å². The first-order valence-corrected chi connectivity index (χ1v) is 4.58. The lowest BCUT2D eigenvalue weighted by molar-refractivity contribution is -0.118. The first kappa shape index (κ1) is 10.9. The highest BCUT2D eigenvalue weighted by Gasteiger charge is 2.16. The highest BCUT2D eigenvalue weighted by molar-refractivity contribution is 7.96. The molecular weight excluding hydrogens is 231 g/mol. The normalized spacial score (nSPS) is 12.6. The first-order valence-electron chi connectivity index (χ1n) is 3.38. The second-order valence-electron chi connectivity index (χ2n) is 2.41. The summed E-state index contributed by atoms with van der Waals surface area (Å²) in [5.74, 6) is 0. The summed E-state index contributed by atoms with van der Waals surface area (Å²) in [5.41, 5.74) is 0.311. The summed E-state index contributed by atoms with van der Waals surface area (Å²) in [6.07, 6.45) is -1.30. The average molecular weight is 237 g/mol. The number of thiol groups is 1. The van der Waals surface area contributed by atoms with Crippen molar-refractivity contribution in [3.05, 3.63) is 33.8 Å². The fraction of sp³-hybridized carbons (Fsp3) is 0.125. The van der Waals surface area contributed by atoms with Crippen LogP contribution < -0.4 is 0 Å². The SMILES string of the molecule is O=C(S)C(O)c1ccc(Cl)cc1Cl. The molecule has 1 unspecified atom stereocenters. The lowest BCUT2D eigenvalue weighted by Crippen LogP contribution is -2.05. The van der Waals surface area contributed by atoms with Crippen molar-refractivity contribution in [1.82, 2.24) is 0 Å². The largest absolute Gasteiger partial charge is 0.380 e. The Kier molecular flexibility index (Phi) is 3.62. The zero-order valence-corrected chi connectivity index (χ0v) is 8.77. The monoisotopic (exact) mass is 236 g/mol. The van der Waals surface area contributed by atoms with Crippen molar-refractivity contribution in [3.63, 3.8) is 0 Å². The molecule has 0 aliphatic heterocycles. The Morgan fingerprint density at radius 3 is 2.54 bits per heavy atom. The molecule has 0 fully saturated rings. The standard InChI is InChI=1S/C8H6Cl2O2S/c9-4-1-2-5(6(10)3-4)7(11)8(12)13/h1-3,7,11H,(H,12,13). The molecule has 0 saturated carbocycles. The van der Waals surface area contributed by atoms with Crippen molar-refractivity contribution in [2.24, 2.45) is 0 Å². The van der Waals surface area contributed by atoms with E-state index in [-0.39, 0.29) is 5.02 Å². The molecule has 2 nitrogen and oxygen atoms in total. The number of halogens is 2. The van der Waals surface area contributed by atoms with Crippen LogP contribution in [0.3, 0.4) is 0 Å². The van der Waals surface area contributed by atoms with Gasteiger partial charge >= 0.3 is 0 Å². The Hall–Kier alpha value is -0.220. The molecule has 0 amide bonds. The number of carbonyl (C=O) groups is 1. The highest BCUT2D eigenvalue weighted by atomic mass is 35.5. The molecule has 0 spiro atoms. The molecule has 13 heavy (non-hydrogen) atoms. The first-order chi connectivity index (χ1) is 6.02. The second kappa shape index (κ2) is 4.33. The van der Waals surface area contributed by atoms with Gasteiger partial charge in [0.15, 0.2) is 0 Å². The molecule has 0 radical (unpaired) electrons. The van der Waals surface area contributed by atoms with Crippen LogP contribution in [0, 0.1) is 0 Å². The van der Waals surface area contributed by atoms with E-state index in [1.807, 2.05) is 0 Å². The third-order valence-corrected chi connectivity index (χ3v) is 2.30. The molecule has 1 aromatic carbocycles. The molecule has 0 saturated heterocycles. The fourth-order valence-corrected chi connectivity index (χ4v) is 1.51. The number of hydrogen-bond donors (Lipinski definition) is 2. The summed E-state index contributed by atoms with van der Waals surface area (Å²) in [6, 6.07) is 4.49. The lowest BCUT2D eigenvalue weighted by atomic mass is 10.1. The fourth-order valence-electron chi connectivity index (χ4n) is 0.856. The van der Waals surface area contributed by atoms with E-state index in [0.717, 1.165) is 0 Å². The minimum absolute atomic E-state index is 0.252. The van der Waals surface area contributed by atoms with Gasteiger partial charge in [-0.15, -0.1) is 12.6 Å². The van der Waals surface area contributed by atoms with Gasteiger partial charge in [-0.3, -0.25) is 4.79 Å². The molecule has 0 aromatic heterocycles. The maximum atomic E-state index is 10.7. The Morgan fingerprint density at radius 2 is 2.08 bits per heavy atom. The van der Waals surface area contributed by atoms with Crippen LogP contribution >= 0.6 is 35.8 Å². The number of aliphatic hydroxyl groups excluding tert-OH is 1. The molecule has 1 aromatic rings. The van der Waals surface area contributed by atoms with E-state index < -0.39 is 11.2 Å². The summed E-state index contributed by atoms with van der Waals surface area (Å²) in [7, 11) is 0. The predicted octanol–water partition coefficient (Wildman–Crippen LogP) is 2.48. The molecule has 5 heteroatoms. The average Bonchev–Trinajstić information content (AvgIpc) is 2.03. The summed E-state index contributed by atoms with van der Waals surface area (Å²) < 4.78 is 0. The van der Waals surface area contributed by atoms with E-state index >= 15 is 0 Å². The second-order valence-corrected chi connectivity index (χ2v) is 3.69. The van der Waals surface area contributed by atoms with Crippen LogP contribution in [-0.2, 0) is 4.79 Å². The van der Waals surface area contributed by atoms with Crippen molar-refractivity contribution >= 4 is 40.9 Å². The van der Waals surface area contributed by atoms with E-state index in [0.29, 0.717) is 10.6 Å². The minimum atomic E-state index is -1.30. The molecule has 1 N–H and O–H groups in total. The van der Waals surface area contributed by atoms with Gasteiger partial charge in [0, 0.05) is 15.6 Å². The van der Waals surface area contributed by atoms with Gasteiger partial charge in [0.05, 0.1) is 0 Å². The molecule has 0 heterocycles. The van der Waals surface area contributed by atoms with E-state index in [1.165, 1.54) is 12.1 Å². The summed E-state index contributed by atoms with van der Waals surface area (Å²) in [4.78, 5) is 10.7. The van der Waals surface area contributed by atoms with E-state index in [9.17, 15) is 9.90 Å². The van der Waals surface area contributed by atoms with E-state index in [1.54, 1.807) is 6.07 Å². The van der Waals surface area contributed by atoms with Crippen molar-refractivity contribution in [3.8, 4) is 0 Å². The van der Waals surface area contributed by atoms with Crippen molar-refractivity contribution in [2.45, 2.75) is 6.10 Å². The minimum Gasteiger partial charge on any atom is -0.380 e. The number of rotatable bonds is 2. The Bertz CT molecular complexity index is 341. The molecule has 1 rings (SSSR count).